The van der Waals surface area contributed by atoms with Crippen molar-refractivity contribution < 1.29 is 0 Å². The molecule has 2 N–H and O–H groups in total. The maximum absolute atomic E-state index is 6.08. The van der Waals surface area contributed by atoms with E-state index in [-0.39, 0.29) is 0 Å². The summed E-state index contributed by atoms with van der Waals surface area (Å²) < 4.78 is 0. The first-order valence-electron chi connectivity index (χ1n) is 8.89. The molecular formula is C20H20Cl2N4. The first-order valence-corrected chi connectivity index (χ1v) is 9.65. The number of halogens is 2. The van der Waals surface area contributed by atoms with Crippen molar-refractivity contribution in [2.45, 2.75) is 38.3 Å². The molecule has 134 valence electrons. The van der Waals surface area contributed by atoms with E-state index in [4.69, 9.17) is 28.2 Å². The molecule has 0 radical (unpaired) electrons. The maximum atomic E-state index is 6.08. The van der Waals surface area contributed by atoms with Crippen LogP contribution >= 0.6 is 23.2 Å². The summed E-state index contributed by atoms with van der Waals surface area (Å²) in [6.07, 6.45) is 4.95. The average Bonchev–Trinajstić information content (AvgIpc) is 3.12. The monoisotopic (exact) mass is 386 g/mol. The van der Waals surface area contributed by atoms with Crippen LogP contribution in [0.2, 0.25) is 10.0 Å². The van der Waals surface area contributed by atoms with Crippen molar-refractivity contribution >= 4 is 45.9 Å². The highest BCUT2D eigenvalue weighted by Gasteiger charge is 2.17. The molecule has 4 rings (SSSR count). The van der Waals surface area contributed by atoms with E-state index in [1.54, 1.807) is 6.07 Å². The van der Waals surface area contributed by atoms with Gasteiger partial charge in [-0.2, -0.15) is 4.98 Å². The number of benzene rings is 2. The molecule has 0 aliphatic heterocycles. The normalized spacial score (nSPS) is 14.7. The standard InChI is InChI=1S/C20H20Cl2N4/c21-14-9-13(10-15(22)11-14)12-23-20-25-18-8-4-3-7-17(18)19(26-20)24-16-5-1-2-6-16/h3-4,7-11,16H,1-2,5-6,12H2,(H2,23,24,25,26). The number of rotatable bonds is 5. The van der Waals surface area contributed by atoms with Gasteiger partial charge in [-0.1, -0.05) is 48.2 Å². The predicted molar refractivity (Wildman–Crippen MR) is 109 cm³/mol. The van der Waals surface area contributed by atoms with Crippen LogP contribution < -0.4 is 10.6 Å². The number of para-hydroxylation sites is 1. The van der Waals surface area contributed by atoms with E-state index in [1.807, 2.05) is 30.3 Å². The van der Waals surface area contributed by atoms with Crippen LogP contribution in [0.3, 0.4) is 0 Å². The third-order valence-corrected chi connectivity index (χ3v) is 5.11. The topological polar surface area (TPSA) is 49.8 Å². The fourth-order valence-corrected chi connectivity index (χ4v) is 3.99. The summed E-state index contributed by atoms with van der Waals surface area (Å²) in [5.74, 6) is 1.49. The summed E-state index contributed by atoms with van der Waals surface area (Å²) in [4.78, 5) is 9.37. The fraction of sp³-hybridized carbons (Fsp3) is 0.300. The van der Waals surface area contributed by atoms with E-state index in [9.17, 15) is 0 Å². The lowest BCUT2D eigenvalue weighted by Crippen LogP contribution is -2.17. The van der Waals surface area contributed by atoms with Gasteiger partial charge >= 0.3 is 0 Å². The highest BCUT2D eigenvalue weighted by Crippen LogP contribution is 2.27. The molecule has 4 nitrogen and oxygen atoms in total. The van der Waals surface area contributed by atoms with Gasteiger partial charge in [-0.25, -0.2) is 4.98 Å². The van der Waals surface area contributed by atoms with Crippen molar-refractivity contribution in [2.24, 2.45) is 0 Å². The predicted octanol–water partition coefficient (Wildman–Crippen LogP) is 5.90. The third kappa shape index (κ3) is 4.02. The van der Waals surface area contributed by atoms with E-state index in [1.165, 1.54) is 25.7 Å². The number of aromatic nitrogens is 2. The number of hydrogen-bond acceptors (Lipinski definition) is 4. The summed E-state index contributed by atoms with van der Waals surface area (Å²) in [7, 11) is 0. The Labute approximate surface area is 162 Å². The smallest absolute Gasteiger partial charge is 0.225 e. The van der Waals surface area contributed by atoms with Gasteiger partial charge in [-0.05, 0) is 48.7 Å². The van der Waals surface area contributed by atoms with Crippen molar-refractivity contribution in [3.63, 3.8) is 0 Å². The Hall–Kier alpha value is -2.04. The van der Waals surface area contributed by atoms with Gasteiger partial charge in [0.15, 0.2) is 0 Å². The van der Waals surface area contributed by atoms with Crippen molar-refractivity contribution in [3.05, 3.63) is 58.1 Å². The van der Waals surface area contributed by atoms with Crippen LogP contribution in [-0.2, 0) is 6.54 Å². The first-order chi connectivity index (χ1) is 12.7. The Morgan fingerprint density at radius 3 is 2.46 bits per heavy atom. The molecule has 0 saturated heterocycles. The van der Waals surface area contributed by atoms with Crippen LogP contribution in [-0.4, -0.2) is 16.0 Å². The summed E-state index contributed by atoms with van der Waals surface area (Å²) in [6, 6.07) is 14.1. The lowest BCUT2D eigenvalue weighted by molar-refractivity contribution is 0.751. The number of fused-ring (bicyclic) bond motifs is 1. The second kappa shape index (κ2) is 7.68. The molecule has 1 aliphatic rings. The Bertz CT molecular complexity index is 903. The molecular weight excluding hydrogens is 367 g/mol. The first kappa shape index (κ1) is 17.4. The summed E-state index contributed by atoms with van der Waals surface area (Å²) in [5.41, 5.74) is 1.92. The minimum absolute atomic E-state index is 0.493. The minimum atomic E-state index is 0.493. The van der Waals surface area contributed by atoms with Gasteiger partial charge in [0.2, 0.25) is 5.95 Å². The maximum Gasteiger partial charge on any atom is 0.225 e. The van der Waals surface area contributed by atoms with Crippen molar-refractivity contribution in [3.8, 4) is 0 Å². The molecule has 0 amide bonds. The molecule has 1 saturated carbocycles. The van der Waals surface area contributed by atoms with Crippen LogP contribution in [0.25, 0.3) is 10.9 Å². The molecule has 2 aromatic carbocycles. The van der Waals surface area contributed by atoms with Crippen molar-refractivity contribution in [1.29, 1.82) is 0 Å². The van der Waals surface area contributed by atoms with Gasteiger partial charge in [0.25, 0.3) is 0 Å². The summed E-state index contributed by atoms with van der Waals surface area (Å²) >= 11 is 12.2. The highest BCUT2D eigenvalue weighted by molar-refractivity contribution is 6.34. The zero-order chi connectivity index (χ0) is 17.9. The minimum Gasteiger partial charge on any atom is -0.367 e. The number of hydrogen-bond donors (Lipinski definition) is 2. The number of anilines is 2. The molecule has 1 heterocycles. The SMILES string of the molecule is Clc1cc(Cl)cc(CNc2nc(NC3CCCC3)c3ccccc3n2)c1. The zero-order valence-corrected chi connectivity index (χ0v) is 15.8. The Morgan fingerprint density at radius 1 is 0.962 bits per heavy atom. The number of nitrogens with one attached hydrogen (secondary N) is 2. The second-order valence-corrected chi connectivity index (χ2v) is 7.54. The Kier molecular flexibility index (Phi) is 5.14. The molecule has 26 heavy (non-hydrogen) atoms. The van der Waals surface area contributed by atoms with E-state index < -0.39 is 0 Å². The molecule has 6 heteroatoms. The van der Waals surface area contributed by atoms with Gasteiger partial charge < -0.3 is 10.6 Å². The fourth-order valence-electron chi connectivity index (χ4n) is 3.42. The highest BCUT2D eigenvalue weighted by atomic mass is 35.5. The van der Waals surface area contributed by atoms with Gasteiger partial charge in [-0.3, -0.25) is 0 Å². The van der Waals surface area contributed by atoms with Gasteiger partial charge in [0.05, 0.1) is 5.52 Å². The second-order valence-electron chi connectivity index (χ2n) is 6.67. The molecule has 1 aromatic heterocycles. The number of nitrogens with zero attached hydrogens (tertiary/aromatic N) is 2. The van der Waals surface area contributed by atoms with Crippen molar-refractivity contribution in [1.82, 2.24) is 9.97 Å². The lowest BCUT2D eigenvalue weighted by atomic mass is 10.2. The third-order valence-electron chi connectivity index (χ3n) is 4.67. The van der Waals surface area contributed by atoms with Crippen LogP contribution in [0.4, 0.5) is 11.8 Å². The molecule has 3 aromatic rings. The molecule has 0 atom stereocenters. The van der Waals surface area contributed by atoms with Crippen LogP contribution in [0.1, 0.15) is 31.2 Å². The van der Waals surface area contributed by atoms with E-state index >= 15 is 0 Å². The van der Waals surface area contributed by atoms with Crippen LogP contribution in [0, 0.1) is 0 Å². The lowest BCUT2D eigenvalue weighted by Gasteiger charge is -2.16. The largest absolute Gasteiger partial charge is 0.367 e. The molecule has 1 fully saturated rings. The Morgan fingerprint density at radius 2 is 1.69 bits per heavy atom. The Balaban J connectivity index is 1.60. The van der Waals surface area contributed by atoms with Gasteiger partial charge in [0.1, 0.15) is 5.82 Å². The van der Waals surface area contributed by atoms with E-state index in [0.717, 1.165) is 22.3 Å². The van der Waals surface area contributed by atoms with Gasteiger partial charge in [0, 0.05) is 28.0 Å². The zero-order valence-electron chi connectivity index (χ0n) is 14.3. The van der Waals surface area contributed by atoms with E-state index in [0.29, 0.717) is 28.6 Å². The van der Waals surface area contributed by atoms with Crippen LogP contribution in [0.15, 0.2) is 42.5 Å². The molecule has 1 aliphatic carbocycles. The summed E-state index contributed by atoms with van der Waals surface area (Å²) in [6.45, 7) is 0.557. The molecule has 0 bridgehead atoms. The molecule has 0 unspecified atom stereocenters. The summed E-state index contributed by atoms with van der Waals surface area (Å²) in [5, 5.41) is 9.20. The van der Waals surface area contributed by atoms with Crippen molar-refractivity contribution in [2.75, 3.05) is 10.6 Å². The van der Waals surface area contributed by atoms with E-state index in [2.05, 4.69) is 21.7 Å². The average molecular weight is 387 g/mol. The quantitative estimate of drug-likeness (QED) is 0.572. The van der Waals surface area contributed by atoms with Gasteiger partial charge in [-0.15, -0.1) is 0 Å². The van der Waals surface area contributed by atoms with Crippen LogP contribution in [0.5, 0.6) is 0 Å². The molecule has 0 spiro atoms.